The highest BCUT2D eigenvalue weighted by Crippen LogP contribution is 2.23. The second-order valence-corrected chi connectivity index (χ2v) is 5.73. The van der Waals surface area contributed by atoms with Crippen LogP contribution in [-0.2, 0) is 24.3 Å². The fourth-order valence-corrected chi connectivity index (χ4v) is 2.93. The molecule has 0 aliphatic carbocycles. The monoisotopic (exact) mass is 288 g/mol. The number of hydrogen-bond acceptors (Lipinski definition) is 4. The Kier molecular flexibility index (Phi) is 3.53. The second-order valence-electron chi connectivity index (χ2n) is 5.73. The van der Waals surface area contributed by atoms with Crippen LogP contribution in [0.5, 0.6) is 0 Å². The summed E-state index contributed by atoms with van der Waals surface area (Å²) >= 11 is 0. The van der Waals surface area contributed by atoms with Crippen molar-refractivity contribution in [2.24, 2.45) is 5.92 Å². The van der Waals surface area contributed by atoms with E-state index in [-0.39, 0.29) is 11.8 Å². The van der Waals surface area contributed by atoms with Gasteiger partial charge >= 0.3 is 0 Å². The van der Waals surface area contributed by atoms with E-state index >= 15 is 0 Å². The molecule has 1 aliphatic heterocycles. The number of aromatic nitrogens is 3. The summed E-state index contributed by atoms with van der Waals surface area (Å²) in [6.07, 6.45) is 3.42. The van der Waals surface area contributed by atoms with E-state index in [1.807, 2.05) is 31.6 Å². The Morgan fingerprint density at radius 1 is 1.52 bits per heavy atom. The fraction of sp³-hybridized carbons (Fsp3) is 0.533. The lowest BCUT2D eigenvalue weighted by molar-refractivity contribution is -0.135. The van der Waals surface area contributed by atoms with Crippen molar-refractivity contribution in [3.63, 3.8) is 0 Å². The Balaban J connectivity index is 1.68. The number of amides is 1. The van der Waals surface area contributed by atoms with Gasteiger partial charge in [0.2, 0.25) is 5.91 Å². The molecule has 0 radical (unpaired) electrons. The van der Waals surface area contributed by atoms with Crippen molar-refractivity contribution in [3.8, 4) is 0 Å². The molecule has 0 fully saturated rings. The largest absolute Gasteiger partial charge is 0.361 e. The highest BCUT2D eigenvalue weighted by Gasteiger charge is 2.28. The number of nitrogens with zero attached hydrogens (tertiary/aromatic N) is 4. The summed E-state index contributed by atoms with van der Waals surface area (Å²) in [4.78, 5) is 14.4. The molecule has 3 heterocycles. The maximum Gasteiger partial charge on any atom is 0.226 e. The zero-order valence-corrected chi connectivity index (χ0v) is 12.7. The summed E-state index contributed by atoms with van der Waals surface area (Å²) in [5, 5.41) is 8.19. The lowest BCUT2D eigenvalue weighted by Gasteiger charge is -2.27. The quantitative estimate of drug-likeness (QED) is 0.862. The van der Waals surface area contributed by atoms with Gasteiger partial charge in [0, 0.05) is 43.4 Å². The lowest BCUT2D eigenvalue weighted by atomic mass is 9.94. The average Bonchev–Trinajstić information content (AvgIpc) is 3.07. The van der Waals surface area contributed by atoms with Crippen molar-refractivity contribution in [3.05, 3.63) is 35.0 Å². The molecule has 1 atom stereocenters. The van der Waals surface area contributed by atoms with Gasteiger partial charge in [0.15, 0.2) is 0 Å². The molecule has 6 heteroatoms. The van der Waals surface area contributed by atoms with Gasteiger partial charge in [-0.15, -0.1) is 0 Å². The summed E-state index contributed by atoms with van der Waals surface area (Å²) in [6.45, 7) is 5.16. The van der Waals surface area contributed by atoms with Gasteiger partial charge in [-0.05, 0) is 26.3 Å². The molecule has 0 bridgehead atoms. The van der Waals surface area contributed by atoms with E-state index in [1.54, 1.807) is 11.1 Å². The first kappa shape index (κ1) is 13.9. The smallest absolute Gasteiger partial charge is 0.226 e. The van der Waals surface area contributed by atoms with Crippen LogP contribution in [0.3, 0.4) is 0 Å². The van der Waals surface area contributed by atoms with E-state index in [0.29, 0.717) is 6.54 Å². The predicted octanol–water partition coefficient (Wildman–Crippen LogP) is 1.71. The maximum absolute atomic E-state index is 12.6. The third-order valence-electron chi connectivity index (χ3n) is 4.25. The summed E-state index contributed by atoms with van der Waals surface area (Å²) in [5.41, 5.74) is 3.01. The first-order valence-electron chi connectivity index (χ1n) is 7.23. The maximum atomic E-state index is 12.6. The van der Waals surface area contributed by atoms with Gasteiger partial charge < -0.3 is 9.42 Å². The predicted molar refractivity (Wildman–Crippen MR) is 76.5 cm³/mol. The third kappa shape index (κ3) is 2.57. The number of carbonyl (C=O) groups excluding carboxylic acids is 1. The first-order valence-corrected chi connectivity index (χ1v) is 7.23. The standard InChI is InChI=1S/C15H20N4O2/c1-10-14(11(2)21-17-10)9-18(3)15(20)12-5-7-19-13(8-12)4-6-16-19/h4,6,12H,5,7-9H2,1-3H3. The first-order chi connectivity index (χ1) is 10.1. The third-order valence-corrected chi connectivity index (χ3v) is 4.25. The minimum Gasteiger partial charge on any atom is -0.361 e. The number of carbonyl (C=O) groups is 1. The Labute approximate surface area is 123 Å². The molecule has 3 rings (SSSR count). The molecule has 0 spiro atoms. The van der Waals surface area contributed by atoms with Gasteiger partial charge in [-0.25, -0.2) is 0 Å². The number of fused-ring (bicyclic) bond motifs is 1. The summed E-state index contributed by atoms with van der Waals surface area (Å²) < 4.78 is 7.14. The van der Waals surface area contributed by atoms with E-state index in [4.69, 9.17) is 4.52 Å². The molecule has 0 aromatic carbocycles. The van der Waals surface area contributed by atoms with Gasteiger partial charge in [-0.3, -0.25) is 9.48 Å². The van der Waals surface area contributed by atoms with E-state index in [9.17, 15) is 4.79 Å². The summed E-state index contributed by atoms with van der Waals surface area (Å²) in [7, 11) is 1.85. The summed E-state index contributed by atoms with van der Waals surface area (Å²) in [6, 6.07) is 1.99. The molecule has 2 aromatic rings. The van der Waals surface area contributed by atoms with Gasteiger partial charge in [-0.2, -0.15) is 5.10 Å². The van der Waals surface area contributed by atoms with E-state index in [0.717, 1.165) is 42.1 Å². The van der Waals surface area contributed by atoms with Crippen LogP contribution in [0.25, 0.3) is 0 Å². The van der Waals surface area contributed by atoms with Crippen molar-refractivity contribution in [2.75, 3.05) is 7.05 Å². The highest BCUT2D eigenvalue weighted by atomic mass is 16.5. The van der Waals surface area contributed by atoms with Gasteiger partial charge in [0.1, 0.15) is 5.76 Å². The molecule has 21 heavy (non-hydrogen) atoms. The van der Waals surface area contributed by atoms with Crippen LogP contribution in [-0.4, -0.2) is 32.8 Å². The second kappa shape index (κ2) is 5.35. The molecular formula is C15H20N4O2. The molecule has 2 aromatic heterocycles. The Morgan fingerprint density at radius 3 is 3.05 bits per heavy atom. The number of rotatable bonds is 3. The Hall–Kier alpha value is -2.11. The van der Waals surface area contributed by atoms with Crippen LogP contribution >= 0.6 is 0 Å². The molecule has 1 amide bonds. The van der Waals surface area contributed by atoms with Crippen molar-refractivity contribution in [2.45, 2.75) is 39.8 Å². The Bertz CT molecular complexity index is 639. The van der Waals surface area contributed by atoms with Crippen LogP contribution in [0.1, 0.15) is 29.1 Å². The number of aryl methyl sites for hydroxylation is 3. The van der Waals surface area contributed by atoms with Crippen molar-refractivity contribution in [1.29, 1.82) is 0 Å². The van der Waals surface area contributed by atoms with E-state index in [2.05, 4.69) is 10.3 Å². The average molecular weight is 288 g/mol. The zero-order valence-electron chi connectivity index (χ0n) is 12.7. The van der Waals surface area contributed by atoms with Crippen LogP contribution in [0.2, 0.25) is 0 Å². The lowest BCUT2D eigenvalue weighted by Crippen LogP contribution is -2.36. The van der Waals surface area contributed by atoms with Gasteiger partial charge in [0.05, 0.1) is 12.2 Å². The molecule has 1 aliphatic rings. The molecule has 0 saturated carbocycles. The van der Waals surface area contributed by atoms with E-state index < -0.39 is 0 Å². The van der Waals surface area contributed by atoms with Crippen molar-refractivity contribution < 1.29 is 9.32 Å². The topological polar surface area (TPSA) is 64.2 Å². The molecule has 0 N–H and O–H groups in total. The molecule has 112 valence electrons. The van der Waals surface area contributed by atoms with Crippen LogP contribution in [0.15, 0.2) is 16.8 Å². The van der Waals surface area contributed by atoms with Gasteiger partial charge in [0.25, 0.3) is 0 Å². The summed E-state index contributed by atoms with van der Waals surface area (Å²) in [5.74, 6) is 1.01. The normalized spacial score (nSPS) is 17.6. The minimum atomic E-state index is 0.0414. The van der Waals surface area contributed by atoms with Crippen LogP contribution in [0, 0.1) is 19.8 Å². The zero-order chi connectivity index (χ0) is 15.0. The van der Waals surface area contributed by atoms with Crippen molar-refractivity contribution >= 4 is 5.91 Å². The molecule has 1 unspecified atom stereocenters. The van der Waals surface area contributed by atoms with Crippen molar-refractivity contribution in [1.82, 2.24) is 19.8 Å². The van der Waals surface area contributed by atoms with E-state index in [1.165, 1.54) is 0 Å². The molecule has 6 nitrogen and oxygen atoms in total. The fourth-order valence-electron chi connectivity index (χ4n) is 2.93. The van der Waals surface area contributed by atoms with Crippen LogP contribution < -0.4 is 0 Å². The van der Waals surface area contributed by atoms with Crippen LogP contribution in [0.4, 0.5) is 0 Å². The minimum absolute atomic E-state index is 0.0414. The van der Waals surface area contributed by atoms with Gasteiger partial charge in [-0.1, -0.05) is 5.16 Å². The molecule has 0 saturated heterocycles. The molecular weight excluding hydrogens is 268 g/mol. The number of hydrogen-bond donors (Lipinski definition) is 0. The Morgan fingerprint density at radius 2 is 2.33 bits per heavy atom. The SMILES string of the molecule is Cc1noc(C)c1CN(C)C(=O)C1CCn2nccc2C1. The highest BCUT2D eigenvalue weighted by molar-refractivity contribution is 5.79.